The van der Waals surface area contributed by atoms with E-state index >= 15 is 0 Å². The predicted molar refractivity (Wildman–Crippen MR) is 108 cm³/mol. The van der Waals surface area contributed by atoms with Crippen molar-refractivity contribution in [3.05, 3.63) is 29.5 Å². The zero-order chi connectivity index (χ0) is 18.9. The number of aliphatic hydroxyl groups is 1. The molecule has 4 heteroatoms. The second kappa shape index (κ2) is 7.64. The summed E-state index contributed by atoms with van der Waals surface area (Å²) in [5.74, 6) is 0.356. The third-order valence-electron chi connectivity index (χ3n) is 7.02. The third-order valence-corrected chi connectivity index (χ3v) is 7.02. The molecule has 0 bridgehead atoms. The average molecular weight is 366 g/mol. The molecule has 2 fully saturated rings. The van der Waals surface area contributed by atoms with E-state index < -0.39 is 5.41 Å². The van der Waals surface area contributed by atoms with E-state index in [-0.39, 0.29) is 6.61 Å². The topological polar surface area (TPSA) is 61.8 Å². The highest BCUT2D eigenvalue weighted by Crippen LogP contribution is 2.42. The van der Waals surface area contributed by atoms with Gasteiger partial charge in [-0.1, -0.05) is 38.3 Å². The van der Waals surface area contributed by atoms with E-state index in [1.54, 1.807) is 0 Å². The lowest BCUT2D eigenvalue weighted by atomic mass is 9.67. The largest absolute Gasteiger partial charge is 0.396 e. The van der Waals surface area contributed by atoms with Gasteiger partial charge in [-0.15, -0.1) is 0 Å². The van der Waals surface area contributed by atoms with Crippen LogP contribution in [0.1, 0.15) is 82.0 Å². The van der Waals surface area contributed by atoms with Crippen LogP contribution in [0.15, 0.2) is 18.2 Å². The van der Waals surface area contributed by atoms with Gasteiger partial charge in [-0.2, -0.15) is 10.4 Å². The Morgan fingerprint density at radius 2 is 1.93 bits per heavy atom. The molecule has 1 aromatic carbocycles. The Hall–Kier alpha value is -1.86. The van der Waals surface area contributed by atoms with E-state index in [0.29, 0.717) is 12.0 Å². The lowest BCUT2D eigenvalue weighted by molar-refractivity contribution is 0.168. The lowest BCUT2D eigenvalue weighted by Gasteiger charge is -2.35. The fourth-order valence-electron chi connectivity index (χ4n) is 5.18. The highest BCUT2D eigenvalue weighted by molar-refractivity contribution is 5.83. The first-order valence-electron chi connectivity index (χ1n) is 10.7. The van der Waals surface area contributed by atoms with Gasteiger partial charge >= 0.3 is 0 Å². The molecule has 0 radical (unpaired) electrons. The predicted octanol–water partition coefficient (Wildman–Crippen LogP) is 5.05. The second-order valence-electron chi connectivity index (χ2n) is 8.59. The molecule has 1 heterocycles. The maximum Gasteiger partial charge on any atom is 0.0823 e. The molecule has 4 nitrogen and oxygen atoms in total. The summed E-state index contributed by atoms with van der Waals surface area (Å²) >= 11 is 0. The number of nitriles is 1. The Balaban J connectivity index is 1.75. The summed E-state index contributed by atoms with van der Waals surface area (Å²) < 4.78 is 2.28. The van der Waals surface area contributed by atoms with Crippen LogP contribution in [0.4, 0.5) is 0 Å². The maximum absolute atomic E-state index is 10.1. The number of hydrogen-bond donors (Lipinski definition) is 1. The van der Waals surface area contributed by atoms with Crippen molar-refractivity contribution in [1.82, 2.24) is 9.78 Å². The summed E-state index contributed by atoms with van der Waals surface area (Å²) in [5.41, 5.74) is 3.13. The summed E-state index contributed by atoms with van der Waals surface area (Å²) in [4.78, 5) is 0. The number of aryl methyl sites for hydroxylation is 1. The summed E-state index contributed by atoms with van der Waals surface area (Å²) in [5, 5.41) is 25.8. The van der Waals surface area contributed by atoms with Gasteiger partial charge in [-0.25, -0.2) is 0 Å². The quantitative estimate of drug-likeness (QED) is 0.825. The first kappa shape index (κ1) is 18.5. The van der Waals surface area contributed by atoms with Crippen molar-refractivity contribution in [2.75, 3.05) is 6.61 Å². The van der Waals surface area contributed by atoms with Gasteiger partial charge in [-0.05, 0) is 62.5 Å². The van der Waals surface area contributed by atoms with Crippen LogP contribution in [-0.4, -0.2) is 21.5 Å². The Bertz CT molecular complexity index is 833. The van der Waals surface area contributed by atoms with Crippen molar-refractivity contribution >= 4 is 10.9 Å². The van der Waals surface area contributed by atoms with Crippen LogP contribution in [0, 0.1) is 17.2 Å². The number of aliphatic hydroxyl groups excluding tert-OH is 1. The first-order valence-corrected chi connectivity index (χ1v) is 10.7. The van der Waals surface area contributed by atoms with Gasteiger partial charge < -0.3 is 5.11 Å². The number of fused-ring (bicyclic) bond motifs is 1. The van der Waals surface area contributed by atoms with E-state index in [9.17, 15) is 10.4 Å². The van der Waals surface area contributed by atoms with Gasteiger partial charge in [0.2, 0.25) is 0 Å². The molecule has 0 amide bonds. The van der Waals surface area contributed by atoms with Gasteiger partial charge in [0.25, 0.3) is 0 Å². The van der Waals surface area contributed by atoms with Crippen molar-refractivity contribution in [2.24, 2.45) is 5.92 Å². The normalized spacial score (nSPS) is 26.9. The molecule has 0 unspecified atom stereocenters. The fourth-order valence-corrected chi connectivity index (χ4v) is 5.18. The van der Waals surface area contributed by atoms with Crippen LogP contribution in [0.25, 0.3) is 10.9 Å². The van der Waals surface area contributed by atoms with Crippen LogP contribution in [0.2, 0.25) is 0 Å². The van der Waals surface area contributed by atoms with E-state index in [2.05, 4.69) is 35.9 Å². The molecular formula is C23H31N3O. The van der Waals surface area contributed by atoms with Crippen molar-refractivity contribution in [2.45, 2.75) is 82.6 Å². The third kappa shape index (κ3) is 3.27. The Morgan fingerprint density at radius 1 is 1.19 bits per heavy atom. The molecule has 27 heavy (non-hydrogen) atoms. The Morgan fingerprint density at radius 3 is 2.56 bits per heavy atom. The highest BCUT2D eigenvalue weighted by Gasteiger charge is 2.37. The monoisotopic (exact) mass is 365 g/mol. The first-order chi connectivity index (χ1) is 13.2. The number of aromatic nitrogens is 2. The van der Waals surface area contributed by atoms with E-state index in [1.807, 2.05) is 0 Å². The number of benzene rings is 1. The molecule has 144 valence electrons. The molecule has 2 aromatic rings. The van der Waals surface area contributed by atoms with Crippen molar-refractivity contribution in [1.29, 1.82) is 5.26 Å². The highest BCUT2D eigenvalue weighted by atomic mass is 16.3. The molecule has 1 aromatic heterocycles. The van der Waals surface area contributed by atoms with Gasteiger partial charge in [-0.3, -0.25) is 4.68 Å². The van der Waals surface area contributed by atoms with Crippen LogP contribution in [0.3, 0.4) is 0 Å². The molecule has 0 saturated heterocycles. The summed E-state index contributed by atoms with van der Waals surface area (Å²) in [6.45, 7) is 2.42. The molecule has 4 rings (SSSR count). The zero-order valence-corrected chi connectivity index (χ0v) is 16.5. The number of hydrogen-bond acceptors (Lipinski definition) is 3. The van der Waals surface area contributed by atoms with E-state index in [0.717, 1.165) is 37.7 Å². The SMILES string of the molecule is CCc1nn(C2CCCCC2)c2cc([C@]3(C#N)CC[C@@H](CO)CC3)ccc12. The molecule has 2 aliphatic rings. The van der Waals surface area contributed by atoms with Crippen LogP contribution >= 0.6 is 0 Å². The van der Waals surface area contributed by atoms with Gasteiger partial charge in [0.05, 0.1) is 28.7 Å². The Labute approximate surface area is 162 Å². The Kier molecular flexibility index (Phi) is 5.23. The van der Waals surface area contributed by atoms with Gasteiger partial charge in [0.15, 0.2) is 0 Å². The number of nitrogens with zero attached hydrogens (tertiary/aromatic N) is 3. The van der Waals surface area contributed by atoms with Crippen molar-refractivity contribution in [3.8, 4) is 6.07 Å². The maximum atomic E-state index is 10.1. The van der Waals surface area contributed by atoms with Crippen molar-refractivity contribution in [3.63, 3.8) is 0 Å². The minimum atomic E-state index is -0.409. The minimum Gasteiger partial charge on any atom is -0.396 e. The smallest absolute Gasteiger partial charge is 0.0823 e. The summed E-state index contributed by atoms with van der Waals surface area (Å²) in [7, 11) is 0. The van der Waals surface area contributed by atoms with Crippen LogP contribution in [0.5, 0.6) is 0 Å². The van der Waals surface area contributed by atoms with Crippen LogP contribution < -0.4 is 0 Å². The summed E-state index contributed by atoms with van der Waals surface area (Å²) in [6, 6.07) is 9.78. The molecule has 0 aliphatic heterocycles. The minimum absolute atomic E-state index is 0.245. The average Bonchev–Trinajstić information content (AvgIpc) is 3.12. The van der Waals surface area contributed by atoms with E-state index in [4.69, 9.17) is 5.10 Å². The zero-order valence-electron chi connectivity index (χ0n) is 16.5. The number of rotatable bonds is 4. The van der Waals surface area contributed by atoms with Crippen LogP contribution in [-0.2, 0) is 11.8 Å². The molecule has 2 aliphatic carbocycles. The van der Waals surface area contributed by atoms with Gasteiger partial charge in [0.1, 0.15) is 0 Å². The molecular weight excluding hydrogens is 334 g/mol. The summed E-state index contributed by atoms with van der Waals surface area (Å²) in [6.07, 6.45) is 10.8. The molecule has 0 spiro atoms. The fraction of sp³-hybridized carbons (Fsp3) is 0.652. The molecule has 2 saturated carbocycles. The lowest BCUT2D eigenvalue weighted by Crippen LogP contribution is -2.31. The standard InChI is InChI=1S/C23H31N3O/c1-2-21-20-9-8-18(23(16-24)12-10-17(15-27)11-13-23)14-22(20)26(25-21)19-6-4-3-5-7-19/h8-9,14,17,19,27H,2-7,10-13,15H2,1H3/t17-,23-. The molecule has 0 atom stereocenters. The van der Waals surface area contributed by atoms with Gasteiger partial charge in [0, 0.05) is 12.0 Å². The second-order valence-corrected chi connectivity index (χ2v) is 8.59. The molecule has 1 N–H and O–H groups in total. The van der Waals surface area contributed by atoms with Crippen molar-refractivity contribution < 1.29 is 5.11 Å². The van der Waals surface area contributed by atoms with E-state index in [1.165, 1.54) is 48.7 Å².